The highest BCUT2D eigenvalue weighted by Crippen LogP contribution is 2.27. The van der Waals surface area contributed by atoms with E-state index in [9.17, 15) is 13.2 Å². The number of sulfone groups is 1. The zero-order valence-corrected chi connectivity index (χ0v) is 18.7. The molecule has 8 heteroatoms. The van der Waals surface area contributed by atoms with Crippen LogP contribution in [-0.2, 0) is 14.6 Å². The van der Waals surface area contributed by atoms with E-state index < -0.39 is 9.84 Å². The third kappa shape index (κ3) is 6.20. The molecule has 1 aliphatic carbocycles. The van der Waals surface area contributed by atoms with E-state index in [-0.39, 0.29) is 17.7 Å². The van der Waals surface area contributed by atoms with Crippen LogP contribution in [0.4, 0.5) is 0 Å². The maximum atomic E-state index is 12.6. The lowest BCUT2D eigenvalue weighted by Crippen LogP contribution is -2.45. The molecule has 1 saturated heterocycles. The van der Waals surface area contributed by atoms with Crippen LogP contribution in [0.1, 0.15) is 45.4 Å². The molecular formula is C22H34N4O3S. The third-order valence-corrected chi connectivity index (χ3v) is 7.65. The summed E-state index contributed by atoms with van der Waals surface area (Å²) in [6.07, 6.45) is 5.77. The van der Waals surface area contributed by atoms with Crippen molar-refractivity contribution in [2.45, 2.75) is 56.4 Å². The molecule has 1 aromatic rings. The van der Waals surface area contributed by atoms with Crippen LogP contribution in [0.5, 0.6) is 0 Å². The lowest BCUT2D eigenvalue weighted by atomic mass is 10.1. The Morgan fingerprint density at radius 1 is 1.17 bits per heavy atom. The summed E-state index contributed by atoms with van der Waals surface area (Å²) in [6, 6.07) is 8.72. The highest BCUT2D eigenvalue weighted by atomic mass is 32.2. The van der Waals surface area contributed by atoms with Gasteiger partial charge < -0.3 is 15.5 Å². The predicted molar refractivity (Wildman–Crippen MR) is 119 cm³/mol. The number of carbonyl (C=O) groups excluding carboxylic acids is 1. The molecule has 2 aliphatic rings. The van der Waals surface area contributed by atoms with E-state index in [0.29, 0.717) is 36.3 Å². The standard InChI is InChI=1S/C22H34N4O3S/c1-2-23-22(24-14-8-16-30(28,29)20-11-4-3-5-12-20)25-19-13-15-26(17-19)21(27)18-9-6-7-10-18/h3-5,11-12,18-19H,2,6-10,13-17H2,1H3,(H2,23,24,25). The van der Waals surface area contributed by atoms with Gasteiger partial charge in [0, 0.05) is 38.1 Å². The van der Waals surface area contributed by atoms with Crippen molar-refractivity contribution in [3.05, 3.63) is 30.3 Å². The second kappa shape index (κ2) is 10.8. The molecule has 1 aliphatic heterocycles. The van der Waals surface area contributed by atoms with Crippen molar-refractivity contribution in [3.63, 3.8) is 0 Å². The maximum absolute atomic E-state index is 12.6. The van der Waals surface area contributed by atoms with Crippen molar-refractivity contribution in [1.82, 2.24) is 15.5 Å². The van der Waals surface area contributed by atoms with Crippen LogP contribution in [0.15, 0.2) is 40.2 Å². The van der Waals surface area contributed by atoms with Crippen LogP contribution in [-0.4, -0.2) is 63.2 Å². The first-order valence-corrected chi connectivity index (χ1v) is 12.8. The fourth-order valence-electron chi connectivity index (χ4n) is 4.21. The number of nitrogens with zero attached hydrogens (tertiary/aromatic N) is 2. The minimum Gasteiger partial charge on any atom is -0.357 e. The van der Waals surface area contributed by atoms with E-state index in [1.807, 2.05) is 17.9 Å². The Hall–Kier alpha value is -2.09. The van der Waals surface area contributed by atoms with Crippen LogP contribution in [0.2, 0.25) is 0 Å². The van der Waals surface area contributed by atoms with E-state index >= 15 is 0 Å². The van der Waals surface area contributed by atoms with Gasteiger partial charge in [-0.15, -0.1) is 0 Å². The maximum Gasteiger partial charge on any atom is 0.225 e. The van der Waals surface area contributed by atoms with Crippen molar-refractivity contribution in [3.8, 4) is 0 Å². The molecule has 1 atom stereocenters. The Balaban J connectivity index is 1.47. The number of likely N-dealkylation sites (tertiary alicyclic amines) is 1. The van der Waals surface area contributed by atoms with Crippen molar-refractivity contribution < 1.29 is 13.2 Å². The van der Waals surface area contributed by atoms with Gasteiger partial charge >= 0.3 is 0 Å². The van der Waals surface area contributed by atoms with Crippen LogP contribution in [0.3, 0.4) is 0 Å². The van der Waals surface area contributed by atoms with Gasteiger partial charge in [-0.3, -0.25) is 9.79 Å². The average molecular weight is 435 g/mol. The number of amides is 1. The molecule has 2 fully saturated rings. The lowest BCUT2D eigenvalue weighted by molar-refractivity contribution is -0.134. The molecule has 2 N–H and O–H groups in total. The van der Waals surface area contributed by atoms with Crippen molar-refractivity contribution in [1.29, 1.82) is 0 Å². The number of hydrogen-bond donors (Lipinski definition) is 2. The van der Waals surface area contributed by atoms with E-state index in [1.165, 1.54) is 12.8 Å². The first kappa shape index (κ1) is 22.6. The molecule has 0 bridgehead atoms. The van der Waals surface area contributed by atoms with Crippen LogP contribution >= 0.6 is 0 Å². The summed E-state index contributed by atoms with van der Waals surface area (Å²) in [5, 5.41) is 6.64. The SMILES string of the molecule is CCNC(=NCCCS(=O)(=O)c1ccccc1)NC1CCN(C(=O)C2CCCC2)C1. The molecule has 0 spiro atoms. The molecule has 166 valence electrons. The normalized spacial score (nSPS) is 20.5. The van der Waals surface area contributed by atoms with E-state index in [4.69, 9.17) is 0 Å². The van der Waals surface area contributed by atoms with Crippen LogP contribution in [0.25, 0.3) is 0 Å². The quantitative estimate of drug-likeness (QED) is 0.372. The molecule has 0 radical (unpaired) electrons. The molecule has 7 nitrogen and oxygen atoms in total. The summed E-state index contributed by atoms with van der Waals surface area (Å²) in [4.78, 5) is 19.5. The van der Waals surface area contributed by atoms with Gasteiger partial charge in [0.2, 0.25) is 5.91 Å². The number of guanidine groups is 1. The molecule has 1 saturated carbocycles. The number of benzene rings is 1. The average Bonchev–Trinajstić information content (AvgIpc) is 3.44. The van der Waals surface area contributed by atoms with Gasteiger partial charge in [-0.25, -0.2) is 8.42 Å². The van der Waals surface area contributed by atoms with Crippen LogP contribution < -0.4 is 10.6 Å². The fourth-order valence-corrected chi connectivity index (χ4v) is 5.53. The largest absolute Gasteiger partial charge is 0.357 e. The first-order valence-electron chi connectivity index (χ1n) is 11.1. The van der Waals surface area contributed by atoms with E-state index in [1.54, 1.807) is 24.3 Å². The van der Waals surface area contributed by atoms with Gasteiger partial charge in [0.15, 0.2) is 15.8 Å². The summed E-state index contributed by atoms with van der Waals surface area (Å²) in [5.41, 5.74) is 0. The smallest absolute Gasteiger partial charge is 0.225 e. The second-order valence-electron chi connectivity index (χ2n) is 8.14. The molecule has 0 aromatic heterocycles. The topological polar surface area (TPSA) is 90.9 Å². The summed E-state index contributed by atoms with van der Waals surface area (Å²) in [7, 11) is -3.27. The summed E-state index contributed by atoms with van der Waals surface area (Å²) in [5.74, 6) is 1.30. The van der Waals surface area contributed by atoms with Gasteiger partial charge in [0.1, 0.15) is 0 Å². The lowest BCUT2D eigenvalue weighted by Gasteiger charge is -2.21. The highest BCUT2D eigenvalue weighted by Gasteiger charge is 2.32. The zero-order valence-electron chi connectivity index (χ0n) is 17.8. The molecule has 1 unspecified atom stereocenters. The molecular weight excluding hydrogens is 400 g/mol. The van der Waals surface area contributed by atoms with Crippen molar-refractivity contribution >= 4 is 21.7 Å². The highest BCUT2D eigenvalue weighted by molar-refractivity contribution is 7.91. The number of nitrogens with one attached hydrogen (secondary N) is 2. The number of aliphatic imine (C=N–C) groups is 1. The predicted octanol–water partition coefficient (Wildman–Crippen LogP) is 2.20. The fraction of sp³-hybridized carbons (Fsp3) is 0.636. The first-order chi connectivity index (χ1) is 14.5. The van der Waals surface area contributed by atoms with Gasteiger partial charge in [-0.2, -0.15) is 0 Å². The Morgan fingerprint density at radius 3 is 2.60 bits per heavy atom. The van der Waals surface area contributed by atoms with E-state index in [0.717, 1.165) is 32.4 Å². The molecule has 1 amide bonds. The number of hydrogen-bond acceptors (Lipinski definition) is 4. The Kier molecular flexibility index (Phi) is 8.13. The van der Waals surface area contributed by atoms with Crippen molar-refractivity contribution in [2.24, 2.45) is 10.9 Å². The van der Waals surface area contributed by atoms with Crippen LogP contribution in [0, 0.1) is 5.92 Å². The van der Waals surface area contributed by atoms with Gasteiger partial charge in [0.05, 0.1) is 10.6 Å². The van der Waals surface area contributed by atoms with Gasteiger partial charge in [-0.05, 0) is 44.7 Å². The zero-order chi connectivity index (χ0) is 21.4. The second-order valence-corrected chi connectivity index (χ2v) is 10.3. The van der Waals surface area contributed by atoms with Gasteiger partial charge in [0.25, 0.3) is 0 Å². The Morgan fingerprint density at radius 2 is 1.90 bits per heavy atom. The Bertz CT molecular complexity index is 820. The van der Waals surface area contributed by atoms with E-state index in [2.05, 4.69) is 15.6 Å². The summed E-state index contributed by atoms with van der Waals surface area (Å²) in [6.45, 7) is 4.66. The minimum atomic E-state index is -3.27. The molecule has 1 heterocycles. The number of carbonyl (C=O) groups is 1. The minimum absolute atomic E-state index is 0.0764. The van der Waals surface area contributed by atoms with Gasteiger partial charge in [-0.1, -0.05) is 31.0 Å². The molecule has 3 rings (SSSR count). The summed E-state index contributed by atoms with van der Waals surface area (Å²) >= 11 is 0. The monoisotopic (exact) mass is 434 g/mol. The third-order valence-electron chi connectivity index (χ3n) is 5.83. The van der Waals surface area contributed by atoms with Crippen molar-refractivity contribution in [2.75, 3.05) is 31.9 Å². The Labute approximate surface area is 180 Å². The molecule has 1 aromatic carbocycles. The summed E-state index contributed by atoms with van der Waals surface area (Å²) < 4.78 is 24.7. The molecule has 30 heavy (non-hydrogen) atoms. The number of rotatable bonds is 8.